The van der Waals surface area contributed by atoms with Crippen LogP contribution in [0.4, 0.5) is 0 Å². The number of aromatic nitrogens is 5. The molecule has 8 heteroatoms. The highest BCUT2D eigenvalue weighted by molar-refractivity contribution is 5.98. The Morgan fingerprint density at radius 1 is 1.21 bits per heavy atom. The summed E-state index contributed by atoms with van der Waals surface area (Å²) < 4.78 is 0. The number of hydrogen-bond donors (Lipinski definition) is 3. The van der Waals surface area contributed by atoms with Gasteiger partial charge in [0.05, 0.1) is 11.9 Å². The molecule has 0 spiro atoms. The van der Waals surface area contributed by atoms with Crippen LogP contribution in [0.5, 0.6) is 0 Å². The van der Waals surface area contributed by atoms with Crippen molar-refractivity contribution in [2.24, 2.45) is 0 Å². The number of pyridine rings is 1. The quantitative estimate of drug-likeness (QED) is 0.616. The van der Waals surface area contributed by atoms with Crippen LogP contribution in [0.1, 0.15) is 62.5 Å². The van der Waals surface area contributed by atoms with Gasteiger partial charge in [0.2, 0.25) is 0 Å². The van der Waals surface area contributed by atoms with Crippen LogP contribution >= 0.6 is 0 Å². The van der Waals surface area contributed by atoms with Crippen LogP contribution in [0, 0.1) is 0 Å². The first-order chi connectivity index (χ1) is 14.0. The minimum Gasteiger partial charge on any atom is -0.348 e. The van der Waals surface area contributed by atoms with E-state index in [1.54, 1.807) is 12.4 Å². The Balaban J connectivity index is 1.59. The average molecular weight is 396 g/mol. The van der Waals surface area contributed by atoms with Gasteiger partial charge in [-0.05, 0) is 38.7 Å². The second kappa shape index (κ2) is 7.94. The lowest BCUT2D eigenvalue weighted by Gasteiger charge is -2.34. The number of likely N-dealkylation sites (tertiary alicyclic amines) is 1. The third kappa shape index (κ3) is 3.76. The molecule has 0 unspecified atom stereocenters. The average Bonchev–Trinajstić information content (AvgIpc) is 3.35. The fourth-order valence-electron chi connectivity index (χ4n) is 4.17. The summed E-state index contributed by atoms with van der Waals surface area (Å²) in [5.41, 5.74) is 3.90. The van der Waals surface area contributed by atoms with E-state index in [1.165, 1.54) is 0 Å². The van der Waals surface area contributed by atoms with E-state index >= 15 is 0 Å². The number of aromatic amines is 2. The Kier molecular flexibility index (Phi) is 5.36. The molecule has 3 aromatic rings. The summed E-state index contributed by atoms with van der Waals surface area (Å²) in [6, 6.07) is 2.67. The first kappa shape index (κ1) is 19.6. The molecule has 1 amide bonds. The van der Waals surface area contributed by atoms with E-state index in [0.717, 1.165) is 48.1 Å². The van der Waals surface area contributed by atoms with E-state index in [0.29, 0.717) is 17.4 Å². The lowest BCUT2D eigenvalue weighted by Crippen LogP contribution is -2.46. The molecule has 0 bridgehead atoms. The van der Waals surface area contributed by atoms with Crippen LogP contribution in [-0.2, 0) is 0 Å². The van der Waals surface area contributed by atoms with Crippen molar-refractivity contribution in [3.8, 4) is 11.3 Å². The maximum atomic E-state index is 13.1. The summed E-state index contributed by atoms with van der Waals surface area (Å²) in [6.07, 6.45) is 5.43. The number of nitrogens with zero attached hydrogens (tertiary/aromatic N) is 4. The van der Waals surface area contributed by atoms with Gasteiger partial charge in [-0.25, -0.2) is 4.98 Å². The van der Waals surface area contributed by atoms with E-state index < -0.39 is 0 Å². The molecular formula is C21H29N7O. The Hall–Kier alpha value is -2.74. The smallest absolute Gasteiger partial charge is 0.269 e. The van der Waals surface area contributed by atoms with Crippen molar-refractivity contribution in [1.82, 2.24) is 35.6 Å². The second-order valence-electron chi connectivity index (χ2n) is 8.38. The van der Waals surface area contributed by atoms with Gasteiger partial charge in [-0.3, -0.25) is 15.0 Å². The topological polar surface area (TPSA) is 103 Å². The predicted octanol–water partition coefficient (Wildman–Crippen LogP) is 3.07. The summed E-state index contributed by atoms with van der Waals surface area (Å²) in [6.45, 7) is 10.6. The fraction of sp³-hybridized carbons (Fsp3) is 0.524. The lowest BCUT2D eigenvalue weighted by atomic mass is 9.95. The van der Waals surface area contributed by atoms with Crippen molar-refractivity contribution in [2.45, 2.75) is 58.5 Å². The third-order valence-electron chi connectivity index (χ3n) is 5.81. The van der Waals surface area contributed by atoms with Crippen molar-refractivity contribution in [3.05, 3.63) is 29.7 Å². The molecule has 1 saturated heterocycles. The maximum absolute atomic E-state index is 13.1. The highest BCUT2D eigenvalue weighted by atomic mass is 16.2. The third-order valence-corrected chi connectivity index (χ3v) is 5.81. The molecular weight excluding hydrogens is 366 g/mol. The zero-order chi connectivity index (χ0) is 20.5. The van der Waals surface area contributed by atoms with E-state index in [1.807, 2.05) is 6.07 Å². The molecule has 0 radical (unpaired) electrons. The largest absolute Gasteiger partial charge is 0.348 e. The number of nitrogens with one attached hydrogen (secondary N) is 3. The minimum absolute atomic E-state index is 0.0760. The van der Waals surface area contributed by atoms with Gasteiger partial charge in [0.15, 0.2) is 5.65 Å². The Bertz CT molecular complexity index is 996. The number of amides is 1. The standard InChI is InChI=1S/C21H29N7O/c1-12(2)17-18(15-5-8-22-20-16(15)11-23-27-20)25-26-19(17)21(29)24-14-6-9-28(10-7-14)13(3)4/h5,8,11-14H,6-7,9-10H2,1-4H3,(H,24,29)(H,25,26)(H,22,23,27). The molecule has 29 heavy (non-hydrogen) atoms. The van der Waals surface area contributed by atoms with E-state index in [4.69, 9.17) is 0 Å². The highest BCUT2D eigenvalue weighted by Crippen LogP contribution is 2.33. The first-order valence-corrected chi connectivity index (χ1v) is 10.4. The molecule has 0 aromatic carbocycles. The summed E-state index contributed by atoms with van der Waals surface area (Å²) >= 11 is 0. The van der Waals surface area contributed by atoms with Gasteiger partial charge in [0.25, 0.3) is 5.91 Å². The summed E-state index contributed by atoms with van der Waals surface area (Å²) in [4.78, 5) is 19.8. The number of fused-ring (bicyclic) bond motifs is 1. The fourth-order valence-corrected chi connectivity index (χ4v) is 4.17. The van der Waals surface area contributed by atoms with Crippen molar-refractivity contribution >= 4 is 16.9 Å². The van der Waals surface area contributed by atoms with Crippen LogP contribution in [0.3, 0.4) is 0 Å². The van der Waals surface area contributed by atoms with Crippen molar-refractivity contribution in [3.63, 3.8) is 0 Å². The molecule has 1 aliphatic heterocycles. The van der Waals surface area contributed by atoms with Crippen molar-refractivity contribution < 1.29 is 4.79 Å². The number of carbonyl (C=O) groups is 1. The van der Waals surface area contributed by atoms with Gasteiger partial charge < -0.3 is 10.2 Å². The molecule has 3 aromatic heterocycles. The molecule has 0 aliphatic carbocycles. The summed E-state index contributed by atoms with van der Waals surface area (Å²) in [5, 5.41) is 18.6. The molecule has 1 fully saturated rings. The zero-order valence-electron chi connectivity index (χ0n) is 17.5. The number of H-pyrrole nitrogens is 2. The second-order valence-corrected chi connectivity index (χ2v) is 8.38. The Morgan fingerprint density at radius 3 is 2.66 bits per heavy atom. The maximum Gasteiger partial charge on any atom is 0.269 e. The molecule has 0 atom stereocenters. The Morgan fingerprint density at radius 2 is 1.97 bits per heavy atom. The number of rotatable bonds is 5. The van der Waals surface area contributed by atoms with Crippen LogP contribution in [0.25, 0.3) is 22.3 Å². The summed E-state index contributed by atoms with van der Waals surface area (Å²) in [7, 11) is 0. The molecule has 3 N–H and O–H groups in total. The number of piperidine rings is 1. The van der Waals surface area contributed by atoms with Crippen molar-refractivity contribution in [1.29, 1.82) is 0 Å². The predicted molar refractivity (Wildman–Crippen MR) is 113 cm³/mol. The van der Waals surface area contributed by atoms with Crippen LogP contribution in [-0.4, -0.2) is 61.4 Å². The van der Waals surface area contributed by atoms with E-state index in [2.05, 4.69) is 63.3 Å². The van der Waals surface area contributed by atoms with Gasteiger partial charge >= 0.3 is 0 Å². The molecule has 4 heterocycles. The van der Waals surface area contributed by atoms with Crippen LogP contribution in [0.2, 0.25) is 0 Å². The zero-order valence-corrected chi connectivity index (χ0v) is 17.5. The lowest BCUT2D eigenvalue weighted by molar-refractivity contribution is 0.0894. The monoisotopic (exact) mass is 395 g/mol. The molecule has 154 valence electrons. The van der Waals surface area contributed by atoms with E-state index in [9.17, 15) is 4.79 Å². The number of hydrogen-bond acceptors (Lipinski definition) is 5. The SMILES string of the molecule is CC(C)c1c(-c2ccnc3[nH]ncc23)n[nH]c1C(=O)NC1CCN(C(C)C)CC1. The Labute approximate surface area is 170 Å². The van der Waals surface area contributed by atoms with Crippen LogP contribution in [0.15, 0.2) is 18.5 Å². The van der Waals surface area contributed by atoms with Gasteiger partial charge in [0, 0.05) is 47.9 Å². The van der Waals surface area contributed by atoms with Gasteiger partial charge in [0.1, 0.15) is 5.69 Å². The van der Waals surface area contributed by atoms with Gasteiger partial charge in [-0.15, -0.1) is 0 Å². The highest BCUT2D eigenvalue weighted by Gasteiger charge is 2.27. The van der Waals surface area contributed by atoms with E-state index in [-0.39, 0.29) is 17.9 Å². The minimum atomic E-state index is -0.0760. The van der Waals surface area contributed by atoms with Gasteiger partial charge in [-0.2, -0.15) is 10.2 Å². The molecule has 4 rings (SSSR count). The molecule has 8 nitrogen and oxygen atoms in total. The van der Waals surface area contributed by atoms with Crippen molar-refractivity contribution in [2.75, 3.05) is 13.1 Å². The van der Waals surface area contributed by atoms with Crippen LogP contribution < -0.4 is 5.32 Å². The van der Waals surface area contributed by atoms with Gasteiger partial charge in [-0.1, -0.05) is 13.8 Å². The normalized spacial score (nSPS) is 16.2. The number of carbonyl (C=O) groups excluding carboxylic acids is 1. The molecule has 1 aliphatic rings. The first-order valence-electron chi connectivity index (χ1n) is 10.4. The molecule has 0 saturated carbocycles. The summed E-state index contributed by atoms with van der Waals surface area (Å²) in [5.74, 6) is 0.0651.